The molecule has 4 heteroatoms. The quantitative estimate of drug-likeness (QED) is 0.194. The van der Waals surface area contributed by atoms with E-state index < -0.39 is 0 Å². The number of ether oxygens (including phenoxy) is 1. The second kappa shape index (κ2) is 10.5. The summed E-state index contributed by atoms with van der Waals surface area (Å²) in [5.41, 5.74) is 4.23. The molecular weight excluding hydrogens is 420 g/mol. The second-order valence-electron chi connectivity index (χ2n) is 8.03. The minimum Gasteiger partial charge on any atom is -0.488 e. The zero-order chi connectivity index (χ0) is 22.3. The first-order valence-electron chi connectivity index (χ1n) is 11.2. The average molecular weight is 447 g/mol. The summed E-state index contributed by atoms with van der Waals surface area (Å²) in [5.74, 6) is 0.761. The maximum absolute atomic E-state index is 12.3. The summed E-state index contributed by atoms with van der Waals surface area (Å²) in [4.78, 5) is 12.3. The van der Waals surface area contributed by atoms with Crippen molar-refractivity contribution in [1.82, 2.24) is 0 Å². The number of benzene rings is 3. The maximum Gasteiger partial charge on any atom is 0.336 e. The zero-order valence-corrected chi connectivity index (χ0v) is 19.0. The van der Waals surface area contributed by atoms with Crippen LogP contribution in [0.25, 0.3) is 22.1 Å². The lowest BCUT2D eigenvalue weighted by Crippen LogP contribution is -2.02. The van der Waals surface area contributed by atoms with Crippen LogP contribution in [0.4, 0.5) is 0 Å². The van der Waals surface area contributed by atoms with Gasteiger partial charge in [-0.3, -0.25) is 0 Å². The van der Waals surface area contributed by atoms with Gasteiger partial charge in [0.25, 0.3) is 0 Å². The number of rotatable bonds is 9. The van der Waals surface area contributed by atoms with Gasteiger partial charge in [0.2, 0.25) is 0 Å². The molecule has 0 bridgehead atoms. The predicted molar refractivity (Wildman–Crippen MR) is 132 cm³/mol. The number of aryl methyl sites for hydroxylation is 1. The van der Waals surface area contributed by atoms with Crippen LogP contribution < -0.4 is 10.4 Å². The molecule has 0 N–H and O–H groups in total. The Kier molecular flexibility index (Phi) is 7.28. The van der Waals surface area contributed by atoms with Crippen LogP contribution in [-0.2, 0) is 13.0 Å². The topological polar surface area (TPSA) is 39.4 Å². The van der Waals surface area contributed by atoms with Crippen molar-refractivity contribution in [3.05, 3.63) is 99.4 Å². The molecule has 0 saturated carbocycles. The minimum atomic E-state index is -0.365. The van der Waals surface area contributed by atoms with E-state index in [0.717, 1.165) is 46.2 Å². The number of hydrogen-bond donors (Lipinski definition) is 0. The van der Waals surface area contributed by atoms with Gasteiger partial charge in [0.1, 0.15) is 17.9 Å². The van der Waals surface area contributed by atoms with Gasteiger partial charge in [-0.05, 0) is 53.3 Å². The monoisotopic (exact) mass is 446 g/mol. The van der Waals surface area contributed by atoms with E-state index in [1.54, 1.807) is 6.07 Å². The van der Waals surface area contributed by atoms with Crippen LogP contribution in [0.15, 0.2) is 82.0 Å². The van der Waals surface area contributed by atoms with Crippen molar-refractivity contribution in [2.24, 2.45) is 0 Å². The molecule has 0 spiro atoms. The van der Waals surface area contributed by atoms with E-state index in [-0.39, 0.29) is 5.63 Å². The Balaban J connectivity index is 1.73. The van der Waals surface area contributed by atoms with Crippen LogP contribution in [0.2, 0.25) is 5.02 Å². The fourth-order valence-electron chi connectivity index (χ4n) is 3.90. The molecule has 3 nitrogen and oxygen atoms in total. The molecule has 1 heterocycles. The van der Waals surface area contributed by atoms with E-state index in [1.165, 1.54) is 19.3 Å². The highest BCUT2D eigenvalue weighted by molar-refractivity contribution is 6.30. The van der Waals surface area contributed by atoms with Crippen LogP contribution in [0.5, 0.6) is 5.75 Å². The fraction of sp³-hybridized carbons (Fsp3) is 0.250. The van der Waals surface area contributed by atoms with Crippen molar-refractivity contribution >= 4 is 22.6 Å². The van der Waals surface area contributed by atoms with Crippen molar-refractivity contribution in [2.75, 3.05) is 0 Å². The smallest absolute Gasteiger partial charge is 0.336 e. The van der Waals surface area contributed by atoms with E-state index in [1.807, 2.05) is 60.7 Å². The molecule has 32 heavy (non-hydrogen) atoms. The first-order valence-corrected chi connectivity index (χ1v) is 11.6. The van der Waals surface area contributed by atoms with Gasteiger partial charge in [0.15, 0.2) is 0 Å². The van der Waals surface area contributed by atoms with Crippen LogP contribution in [0.3, 0.4) is 0 Å². The molecule has 3 aromatic carbocycles. The van der Waals surface area contributed by atoms with E-state index in [0.29, 0.717) is 17.2 Å². The van der Waals surface area contributed by atoms with Crippen LogP contribution in [0.1, 0.15) is 43.7 Å². The molecule has 0 radical (unpaired) electrons. The second-order valence-corrected chi connectivity index (χ2v) is 8.46. The number of halogens is 1. The maximum atomic E-state index is 12.3. The highest BCUT2D eigenvalue weighted by atomic mass is 35.5. The standard InChI is InChI=1S/C28H27ClO3/c1-2-3-4-6-11-22-16-25-24(21-9-7-5-8-10-21)17-28(30)32-27(25)18-26(22)31-19-20-12-14-23(29)15-13-20/h5,7-10,12-18H,2-4,6,11,19H2,1H3. The summed E-state index contributed by atoms with van der Waals surface area (Å²) in [6.07, 6.45) is 5.60. The fourth-order valence-corrected chi connectivity index (χ4v) is 4.03. The van der Waals surface area contributed by atoms with Gasteiger partial charge in [0, 0.05) is 22.5 Å². The molecule has 0 aliphatic carbocycles. The molecule has 0 atom stereocenters. The summed E-state index contributed by atoms with van der Waals surface area (Å²) in [7, 11) is 0. The largest absolute Gasteiger partial charge is 0.488 e. The highest BCUT2D eigenvalue weighted by Gasteiger charge is 2.14. The SMILES string of the molecule is CCCCCCc1cc2c(-c3ccccc3)cc(=O)oc2cc1OCc1ccc(Cl)cc1. The molecular formula is C28H27ClO3. The van der Waals surface area contributed by atoms with Gasteiger partial charge >= 0.3 is 5.63 Å². The molecule has 0 saturated heterocycles. The summed E-state index contributed by atoms with van der Waals surface area (Å²) in [6.45, 7) is 2.64. The molecule has 0 unspecified atom stereocenters. The van der Waals surface area contributed by atoms with Crippen LogP contribution >= 0.6 is 11.6 Å². The van der Waals surface area contributed by atoms with E-state index in [9.17, 15) is 4.79 Å². The van der Waals surface area contributed by atoms with Crippen LogP contribution in [-0.4, -0.2) is 0 Å². The Hall–Kier alpha value is -3.04. The van der Waals surface area contributed by atoms with Gasteiger partial charge in [0.05, 0.1) is 0 Å². The third-order valence-electron chi connectivity index (χ3n) is 5.62. The van der Waals surface area contributed by atoms with Crippen LogP contribution in [0, 0.1) is 0 Å². The Bertz CT molecular complexity index is 1230. The molecule has 4 aromatic rings. The predicted octanol–water partition coefficient (Wildman–Crippen LogP) is 7.82. The van der Waals surface area contributed by atoms with Gasteiger partial charge in [-0.1, -0.05) is 80.3 Å². The van der Waals surface area contributed by atoms with Gasteiger partial charge in [-0.15, -0.1) is 0 Å². The molecule has 4 rings (SSSR count). The molecule has 0 aliphatic rings. The lowest BCUT2D eigenvalue weighted by atomic mass is 9.98. The molecule has 164 valence electrons. The van der Waals surface area contributed by atoms with E-state index >= 15 is 0 Å². The van der Waals surface area contributed by atoms with Crippen molar-refractivity contribution in [2.45, 2.75) is 45.6 Å². The molecule has 0 amide bonds. The lowest BCUT2D eigenvalue weighted by Gasteiger charge is -2.15. The Morgan fingerprint density at radius 3 is 2.44 bits per heavy atom. The van der Waals surface area contributed by atoms with E-state index in [4.69, 9.17) is 20.8 Å². The summed E-state index contributed by atoms with van der Waals surface area (Å²) >= 11 is 6.00. The summed E-state index contributed by atoms with van der Waals surface area (Å²) in [5, 5.41) is 1.63. The van der Waals surface area contributed by atoms with Gasteiger partial charge in [-0.25, -0.2) is 4.79 Å². The lowest BCUT2D eigenvalue weighted by molar-refractivity contribution is 0.302. The minimum absolute atomic E-state index is 0.365. The van der Waals surface area contributed by atoms with E-state index in [2.05, 4.69) is 13.0 Å². The van der Waals surface area contributed by atoms with Gasteiger partial charge in [-0.2, -0.15) is 0 Å². The normalized spacial score (nSPS) is 11.1. The molecule has 1 aromatic heterocycles. The summed E-state index contributed by atoms with van der Waals surface area (Å²) in [6, 6.07) is 23.2. The van der Waals surface area contributed by atoms with Crippen molar-refractivity contribution in [1.29, 1.82) is 0 Å². The van der Waals surface area contributed by atoms with Crippen molar-refractivity contribution < 1.29 is 9.15 Å². The number of fused-ring (bicyclic) bond motifs is 1. The van der Waals surface area contributed by atoms with Crippen molar-refractivity contribution in [3.8, 4) is 16.9 Å². The Morgan fingerprint density at radius 2 is 1.69 bits per heavy atom. The summed E-state index contributed by atoms with van der Waals surface area (Å²) < 4.78 is 11.8. The Labute approximate surface area is 193 Å². The third kappa shape index (κ3) is 5.41. The third-order valence-corrected chi connectivity index (χ3v) is 5.87. The first-order chi connectivity index (χ1) is 15.6. The number of unbranched alkanes of at least 4 members (excludes halogenated alkanes) is 3. The van der Waals surface area contributed by atoms with Gasteiger partial charge < -0.3 is 9.15 Å². The zero-order valence-electron chi connectivity index (χ0n) is 18.3. The first kappa shape index (κ1) is 22.2. The molecule has 0 aliphatic heterocycles. The molecule has 0 fully saturated rings. The number of hydrogen-bond acceptors (Lipinski definition) is 3. The highest BCUT2D eigenvalue weighted by Crippen LogP contribution is 2.33. The average Bonchev–Trinajstić information content (AvgIpc) is 2.81. The van der Waals surface area contributed by atoms with Crippen molar-refractivity contribution in [3.63, 3.8) is 0 Å². The Morgan fingerprint density at radius 1 is 0.906 bits per heavy atom.